The van der Waals surface area contributed by atoms with E-state index in [2.05, 4.69) is 40.3 Å². The van der Waals surface area contributed by atoms with Crippen LogP contribution in [0.1, 0.15) is 31.4 Å². The molecule has 0 saturated heterocycles. The molecule has 0 heterocycles. The molecule has 1 aromatic rings. The summed E-state index contributed by atoms with van der Waals surface area (Å²) in [6.07, 6.45) is 0.885. The van der Waals surface area contributed by atoms with Crippen molar-refractivity contribution in [1.82, 2.24) is 5.32 Å². The highest BCUT2D eigenvalue weighted by atomic mass is 79.9. The lowest BCUT2D eigenvalue weighted by Gasteiger charge is -2.13. The van der Waals surface area contributed by atoms with Gasteiger partial charge in [0.1, 0.15) is 0 Å². The summed E-state index contributed by atoms with van der Waals surface area (Å²) in [6.45, 7) is 2.80. The van der Waals surface area contributed by atoms with Gasteiger partial charge >= 0.3 is 5.97 Å². The number of rotatable bonds is 6. The van der Waals surface area contributed by atoms with E-state index >= 15 is 0 Å². The molecule has 0 bridgehead atoms. The lowest BCUT2D eigenvalue weighted by molar-refractivity contribution is -0.137. The molecule has 0 amide bonds. The number of aliphatic carboxylic acids is 1. The van der Waals surface area contributed by atoms with E-state index in [1.54, 1.807) is 0 Å². The molecular weight excluding hydrogens is 270 g/mol. The molecule has 1 atom stereocenters. The second-order valence-electron chi connectivity index (χ2n) is 3.72. The second kappa shape index (κ2) is 6.66. The standard InChI is InChI=1S/C12H16BrNO2/c1-9(14-8-2-3-12(15)16)10-4-6-11(13)7-5-10/h4-7,9,14H,2-3,8H2,1H3,(H,15,16). The fourth-order valence-electron chi connectivity index (χ4n) is 1.43. The molecule has 88 valence electrons. The first-order valence-corrected chi connectivity index (χ1v) is 6.09. The summed E-state index contributed by atoms with van der Waals surface area (Å²) in [5, 5.41) is 11.8. The van der Waals surface area contributed by atoms with E-state index in [0.717, 1.165) is 11.0 Å². The highest BCUT2D eigenvalue weighted by Crippen LogP contribution is 2.16. The number of carboxylic acids is 1. The highest BCUT2D eigenvalue weighted by molar-refractivity contribution is 9.10. The molecular formula is C12H16BrNO2. The molecule has 2 N–H and O–H groups in total. The van der Waals surface area contributed by atoms with Crippen LogP contribution < -0.4 is 5.32 Å². The van der Waals surface area contributed by atoms with Gasteiger partial charge in [-0.1, -0.05) is 28.1 Å². The summed E-state index contributed by atoms with van der Waals surface area (Å²) in [5.41, 5.74) is 1.21. The van der Waals surface area contributed by atoms with Gasteiger partial charge in [-0.25, -0.2) is 0 Å². The molecule has 0 saturated carbocycles. The fourth-order valence-corrected chi connectivity index (χ4v) is 1.69. The van der Waals surface area contributed by atoms with E-state index in [4.69, 9.17) is 5.11 Å². The lowest BCUT2D eigenvalue weighted by Crippen LogP contribution is -2.20. The Morgan fingerprint density at radius 3 is 2.62 bits per heavy atom. The van der Waals surface area contributed by atoms with Crippen molar-refractivity contribution in [1.29, 1.82) is 0 Å². The van der Waals surface area contributed by atoms with Crippen LogP contribution in [0.4, 0.5) is 0 Å². The van der Waals surface area contributed by atoms with Gasteiger partial charge in [0, 0.05) is 16.9 Å². The smallest absolute Gasteiger partial charge is 0.303 e. The fraction of sp³-hybridized carbons (Fsp3) is 0.417. The topological polar surface area (TPSA) is 49.3 Å². The predicted molar refractivity (Wildman–Crippen MR) is 67.4 cm³/mol. The van der Waals surface area contributed by atoms with Crippen LogP contribution in [0.3, 0.4) is 0 Å². The van der Waals surface area contributed by atoms with Gasteiger partial charge in [-0.15, -0.1) is 0 Å². The first-order chi connectivity index (χ1) is 7.59. The second-order valence-corrected chi connectivity index (χ2v) is 4.64. The largest absolute Gasteiger partial charge is 0.481 e. The van der Waals surface area contributed by atoms with Crippen molar-refractivity contribution in [3.8, 4) is 0 Å². The maximum absolute atomic E-state index is 10.3. The van der Waals surface area contributed by atoms with Gasteiger partial charge in [0.2, 0.25) is 0 Å². The average molecular weight is 286 g/mol. The quantitative estimate of drug-likeness (QED) is 0.790. The predicted octanol–water partition coefficient (Wildman–Crippen LogP) is 2.96. The van der Waals surface area contributed by atoms with Gasteiger partial charge in [-0.3, -0.25) is 4.79 Å². The number of carbonyl (C=O) groups is 1. The SMILES string of the molecule is CC(NCCCC(=O)O)c1ccc(Br)cc1. The van der Waals surface area contributed by atoms with Crippen LogP contribution in [0.25, 0.3) is 0 Å². The van der Waals surface area contributed by atoms with Crippen molar-refractivity contribution in [2.75, 3.05) is 6.54 Å². The minimum Gasteiger partial charge on any atom is -0.481 e. The molecule has 1 rings (SSSR count). The van der Waals surface area contributed by atoms with E-state index in [1.807, 2.05) is 12.1 Å². The minimum atomic E-state index is -0.738. The Balaban J connectivity index is 2.32. The third-order valence-electron chi connectivity index (χ3n) is 2.39. The van der Waals surface area contributed by atoms with Crippen molar-refractivity contribution in [3.63, 3.8) is 0 Å². The molecule has 0 aliphatic heterocycles. The maximum Gasteiger partial charge on any atom is 0.303 e. The van der Waals surface area contributed by atoms with Crippen LogP contribution >= 0.6 is 15.9 Å². The molecule has 0 aliphatic rings. The van der Waals surface area contributed by atoms with Crippen molar-refractivity contribution in [3.05, 3.63) is 34.3 Å². The van der Waals surface area contributed by atoms with Gasteiger partial charge < -0.3 is 10.4 Å². The summed E-state index contributed by atoms with van der Waals surface area (Å²) in [5.74, 6) is -0.738. The summed E-state index contributed by atoms with van der Waals surface area (Å²) >= 11 is 3.39. The molecule has 0 radical (unpaired) electrons. The molecule has 4 heteroatoms. The number of hydrogen-bond acceptors (Lipinski definition) is 2. The monoisotopic (exact) mass is 285 g/mol. The van der Waals surface area contributed by atoms with Gasteiger partial charge in [0.15, 0.2) is 0 Å². The van der Waals surface area contributed by atoms with E-state index in [9.17, 15) is 4.79 Å². The Bertz CT molecular complexity index is 337. The summed E-state index contributed by atoms with van der Waals surface area (Å²) in [7, 11) is 0. The Hall–Kier alpha value is -0.870. The molecule has 0 fully saturated rings. The van der Waals surface area contributed by atoms with E-state index < -0.39 is 5.97 Å². The van der Waals surface area contributed by atoms with Gasteiger partial charge in [-0.05, 0) is 37.6 Å². The molecule has 0 aliphatic carbocycles. The number of hydrogen-bond donors (Lipinski definition) is 2. The van der Waals surface area contributed by atoms with E-state index in [0.29, 0.717) is 6.42 Å². The summed E-state index contributed by atoms with van der Waals surface area (Å²) < 4.78 is 1.06. The van der Waals surface area contributed by atoms with E-state index in [-0.39, 0.29) is 12.5 Å². The molecule has 1 unspecified atom stereocenters. The number of carboxylic acid groups (broad SMARTS) is 1. The van der Waals surface area contributed by atoms with Crippen LogP contribution in [0.15, 0.2) is 28.7 Å². The zero-order valence-corrected chi connectivity index (χ0v) is 10.8. The van der Waals surface area contributed by atoms with Gasteiger partial charge in [0.25, 0.3) is 0 Å². The Labute approximate surface area is 104 Å². The van der Waals surface area contributed by atoms with Crippen LogP contribution in [-0.2, 0) is 4.79 Å². The summed E-state index contributed by atoms with van der Waals surface area (Å²) in [6, 6.07) is 8.37. The van der Waals surface area contributed by atoms with Crippen molar-refractivity contribution < 1.29 is 9.90 Å². The van der Waals surface area contributed by atoms with Crippen molar-refractivity contribution >= 4 is 21.9 Å². The normalized spacial score (nSPS) is 12.4. The first-order valence-electron chi connectivity index (χ1n) is 5.30. The molecule has 16 heavy (non-hydrogen) atoms. The highest BCUT2D eigenvalue weighted by Gasteiger charge is 2.04. The Morgan fingerprint density at radius 1 is 1.44 bits per heavy atom. The number of nitrogens with one attached hydrogen (secondary N) is 1. The summed E-state index contributed by atoms with van der Waals surface area (Å²) in [4.78, 5) is 10.3. The third-order valence-corrected chi connectivity index (χ3v) is 2.92. The number of halogens is 1. The van der Waals surface area contributed by atoms with E-state index in [1.165, 1.54) is 5.56 Å². The zero-order valence-electron chi connectivity index (χ0n) is 9.24. The average Bonchev–Trinajstić information content (AvgIpc) is 2.25. The zero-order chi connectivity index (χ0) is 12.0. The van der Waals surface area contributed by atoms with Crippen LogP contribution in [0.2, 0.25) is 0 Å². The van der Waals surface area contributed by atoms with Gasteiger partial charge in [0.05, 0.1) is 0 Å². The van der Waals surface area contributed by atoms with Crippen LogP contribution in [0, 0.1) is 0 Å². The van der Waals surface area contributed by atoms with Crippen molar-refractivity contribution in [2.45, 2.75) is 25.8 Å². The van der Waals surface area contributed by atoms with Gasteiger partial charge in [-0.2, -0.15) is 0 Å². The number of benzene rings is 1. The third kappa shape index (κ3) is 4.77. The Kier molecular flexibility index (Phi) is 5.49. The van der Waals surface area contributed by atoms with Crippen LogP contribution in [0.5, 0.6) is 0 Å². The van der Waals surface area contributed by atoms with Crippen molar-refractivity contribution in [2.24, 2.45) is 0 Å². The molecule has 0 aromatic heterocycles. The first kappa shape index (κ1) is 13.2. The molecule has 1 aromatic carbocycles. The molecule has 0 spiro atoms. The molecule has 3 nitrogen and oxygen atoms in total. The maximum atomic E-state index is 10.3. The lowest BCUT2D eigenvalue weighted by atomic mass is 10.1. The van der Waals surface area contributed by atoms with Crippen LogP contribution in [-0.4, -0.2) is 17.6 Å². The minimum absolute atomic E-state index is 0.222. The Morgan fingerprint density at radius 2 is 2.06 bits per heavy atom.